The van der Waals surface area contributed by atoms with Gasteiger partial charge in [-0.1, -0.05) is 0 Å². The molecule has 1 aromatic rings. The second-order valence-electron chi connectivity index (χ2n) is 7.92. The minimum absolute atomic E-state index is 0.190. The van der Waals surface area contributed by atoms with Crippen LogP contribution in [0.5, 0.6) is 0 Å². The summed E-state index contributed by atoms with van der Waals surface area (Å²) in [4.78, 5) is 28.2. The Morgan fingerprint density at radius 2 is 2.00 bits per heavy atom. The first-order valence-corrected chi connectivity index (χ1v) is 10.1. The summed E-state index contributed by atoms with van der Waals surface area (Å²) < 4.78 is 10.9. The van der Waals surface area contributed by atoms with Crippen molar-refractivity contribution in [2.75, 3.05) is 25.1 Å². The smallest absolute Gasteiger partial charge is 0.411 e. The molecule has 144 valence electrons. The molecule has 0 bridgehead atoms. The first-order valence-electron chi connectivity index (χ1n) is 9.25. The van der Waals surface area contributed by atoms with E-state index in [0.717, 1.165) is 17.8 Å². The number of hydrogen-bond donors (Lipinski definition) is 1. The topological polar surface area (TPSA) is 67.9 Å². The molecule has 3 rings (SSSR count). The van der Waals surface area contributed by atoms with Crippen molar-refractivity contribution in [1.29, 1.82) is 0 Å². The monoisotopic (exact) mass is 380 g/mol. The van der Waals surface area contributed by atoms with E-state index < -0.39 is 17.7 Å². The van der Waals surface area contributed by atoms with Crippen LogP contribution in [0.1, 0.15) is 49.6 Å². The third-order valence-electron chi connectivity index (χ3n) is 4.73. The molecule has 0 radical (unpaired) electrons. The lowest BCUT2D eigenvalue weighted by Crippen LogP contribution is -2.55. The van der Waals surface area contributed by atoms with Gasteiger partial charge in [0, 0.05) is 11.4 Å². The fourth-order valence-electron chi connectivity index (χ4n) is 3.40. The summed E-state index contributed by atoms with van der Waals surface area (Å²) in [6.07, 6.45) is 4.13. The lowest BCUT2D eigenvalue weighted by Gasteiger charge is -2.35. The van der Waals surface area contributed by atoms with E-state index in [1.807, 2.05) is 20.8 Å². The van der Waals surface area contributed by atoms with E-state index in [2.05, 4.69) is 12.2 Å². The Morgan fingerprint density at radius 1 is 1.27 bits per heavy atom. The van der Waals surface area contributed by atoms with Crippen LogP contribution in [0.25, 0.3) is 0 Å². The molecule has 0 saturated carbocycles. The number of rotatable bonds is 2. The van der Waals surface area contributed by atoms with Gasteiger partial charge in [-0.3, -0.25) is 9.69 Å². The lowest BCUT2D eigenvalue weighted by atomic mass is 9.96. The molecule has 6 nitrogen and oxygen atoms in total. The van der Waals surface area contributed by atoms with Crippen molar-refractivity contribution in [3.63, 3.8) is 0 Å². The van der Waals surface area contributed by atoms with E-state index in [-0.39, 0.29) is 12.5 Å². The van der Waals surface area contributed by atoms with Crippen LogP contribution in [-0.4, -0.2) is 48.3 Å². The minimum Gasteiger partial charge on any atom is -0.444 e. The number of morpholine rings is 1. The van der Waals surface area contributed by atoms with Crippen molar-refractivity contribution in [3.05, 3.63) is 16.0 Å². The summed E-state index contributed by atoms with van der Waals surface area (Å²) in [5.41, 5.74) is 1.96. The third kappa shape index (κ3) is 4.20. The number of anilines is 1. The Labute approximate surface area is 158 Å². The second kappa shape index (κ2) is 7.56. The van der Waals surface area contributed by atoms with Crippen molar-refractivity contribution in [1.82, 2.24) is 4.90 Å². The van der Waals surface area contributed by atoms with E-state index in [1.54, 1.807) is 11.3 Å². The van der Waals surface area contributed by atoms with E-state index >= 15 is 0 Å². The predicted molar refractivity (Wildman–Crippen MR) is 102 cm³/mol. The van der Waals surface area contributed by atoms with Gasteiger partial charge in [0.1, 0.15) is 11.6 Å². The van der Waals surface area contributed by atoms with Gasteiger partial charge in [-0.25, -0.2) is 4.79 Å². The molecule has 2 amide bonds. The van der Waals surface area contributed by atoms with Gasteiger partial charge in [0.15, 0.2) is 0 Å². The summed E-state index contributed by atoms with van der Waals surface area (Å²) in [5, 5.41) is 3.93. The molecule has 2 heterocycles. The molecule has 1 atom stereocenters. The largest absolute Gasteiger partial charge is 0.444 e. The zero-order valence-electron chi connectivity index (χ0n) is 16.0. The first-order chi connectivity index (χ1) is 12.3. The summed E-state index contributed by atoms with van der Waals surface area (Å²) in [6, 6.07) is -0.669. The van der Waals surface area contributed by atoms with Crippen LogP contribution < -0.4 is 5.32 Å². The van der Waals surface area contributed by atoms with Crippen LogP contribution in [0.15, 0.2) is 0 Å². The number of fused-ring (bicyclic) bond motifs is 1. The molecule has 26 heavy (non-hydrogen) atoms. The SMILES string of the molecule is Cc1c(NC(=O)C2COCCN2C(=O)OC(C)(C)C)sc2c1CCCC2. The molecular weight excluding hydrogens is 352 g/mol. The summed E-state index contributed by atoms with van der Waals surface area (Å²) in [7, 11) is 0. The van der Waals surface area contributed by atoms with Crippen LogP contribution in [0.2, 0.25) is 0 Å². The number of nitrogens with one attached hydrogen (secondary N) is 1. The number of carbonyl (C=O) groups is 2. The van der Waals surface area contributed by atoms with Gasteiger partial charge in [-0.15, -0.1) is 11.3 Å². The highest BCUT2D eigenvalue weighted by molar-refractivity contribution is 7.16. The molecule has 7 heteroatoms. The number of amides is 2. The molecule has 1 N–H and O–H groups in total. The maximum absolute atomic E-state index is 12.9. The zero-order valence-corrected chi connectivity index (χ0v) is 16.8. The molecule has 1 aliphatic heterocycles. The van der Waals surface area contributed by atoms with Crippen molar-refractivity contribution in [2.45, 2.75) is 65.0 Å². The number of thiophene rings is 1. The minimum atomic E-state index is -0.669. The first kappa shape index (κ1) is 19.2. The van der Waals surface area contributed by atoms with Gasteiger partial charge >= 0.3 is 6.09 Å². The fraction of sp³-hybridized carbons (Fsp3) is 0.684. The van der Waals surface area contributed by atoms with Crippen LogP contribution in [0.4, 0.5) is 9.80 Å². The summed E-state index contributed by atoms with van der Waals surface area (Å²) in [5.74, 6) is -0.211. The highest BCUT2D eigenvalue weighted by Crippen LogP contribution is 2.37. The van der Waals surface area contributed by atoms with Crippen molar-refractivity contribution in [3.8, 4) is 0 Å². The molecular formula is C19H28N2O4S. The predicted octanol–water partition coefficient (Wildman–Crippen LogP) is 3.51. The van der Waals surface area contributed by atoms with E-state index in [9.17, 15) is 9.59 Å². The quantitative estimate of drug-likeness (QED) is 0.853. The van der Waals surface area contributed by atoms with Crippen molar-refractivity contribution < 1.29 is 19.1 Å². The maximum atomic E-state index is 12.9. The highest BCUT2D eigenvalue weighted by Gasteiger charge is 2.36. The van der Waals surface area contributed by atoms with Crippen LogP contribution in [0, 0.1) is 6.92 Å². The lowest BCUT2D eigenvalue weighted by molar-refractivity contribution is -0.127. The van der Waals surface area contributed by atoms with Gasteiger partial charge in [0.05, 0.1) is 18.2 Å². The molecule has 1 fully saturated rings. The molecule has 2 aliphatic rings. The van der Waals surface area contributed by atoms with Crippen molar-refractivity contribution >= 4 is 28.3 Å². The summed E-state index contributed by atoms with van der Waals surface area (Å²) in [6.45, 7) is 8.48. The molecule has 0 spiro atoms. The van der Waals surface area contributed by atoms with Gasteiger partial charge < -0.3 is 14.8 Å². The third-order valence-corrected chi connectivity index (χ3v) is 6.04. The molecule has 1 aromatic heterocycles. The molecule has 1 aliphatic carbocycles. The number of nitrogens with zero attached hydrogens (tertiary/aromatic N) is 1. The Hall–Kier alpha value is -1.60. The number of hydrogen-bond acceptors (Lipinski definition) is 5. The van der Waals surface area contributed by atoms with E-state index in [0.29, 0.717) is 13.2 Å². The molecule has 1 unspecified atom stereocenters. The average Bonchev–Trinajstić information content (AvgIpc) is 2.89. The van der Waals surface area contributed by atoms with Crippen LogP contribution in [-0.2, 0) is 27.1 Å². The molecule has 0 aromatic carbocycles. The Morgan fingerprint density at radius 3 is 2.69 bits per heavy atom. The normalized spacial score (nSPS) is 20.5. The average molecular weight is 381 g/mol. The second-order valence-corrected chi connectivity index (χ2v) is 9.02. The van der Waals surface area contributed by atoms with Crippen LogP contribution in [0.3, 0.4) is 0 Å². The Balaban J connectivity index is 1.73. The van der Waals surface area contributed by atoms with Gasteiger partial charge in [0.25, 0.3) is 0 Å². The van der Waals surface area contributed by atoms with Gasteiger partial charge in [0.2, 0.25) is 5.91 Å². The Kier molecular flexibility index (Phi) is 5.58. The van der Waals surface area contributed by atoms with Gasteiger partial charge in [-0.2, -0.15) is 0 Å². The summed E-state index contributed by atoms with van der Waals surface area (Å²) >= 11 is 1.67. The zero-order chi connectivity index (χ0) is 18.9. The van der Waals surface area contributed by atoms with E-state index in [4.69, 9.17) is 9.47 Å². The number of aryl methyl sites for hydroxylation is 1. The number of carbonyl (C=O) groups excluding carboxylic acids is 2. The highest BCUT2D eigenvalue weighted by atomic mass is 32.1. The van der Waals surface area contributed by atoms with E-state index in [1.165, 1.54) is 33.7 Å². The maximum Gasteiger partial charge on any atom is 0.411 e. The van der Waals surface area contributed by atoms with Crippen LogP contribution >= 0.6 is 11.3 Å². The standard InChI is InChI=1S/C19H28N2O4S/c1-12-13-7-5-6-8-15(13)26-17(12)20-16(22)14-11-24-10-9-21(14)18(23)25-19(2,3)4/h14H,5-11H2,1-4H3,(H,20,22). The number of ether oxygens (including phenoxy) is 2. The van der Waals surface area contributed by atoms with Crippen molar-refractivity contribution in [2.24, 2.45) is 0 Å². The Bertz CT molecular complexity index is 692. The van der Waals surface area contributed by atoms with Gasteiger partial charge in [-0.05, 0) is 64.5 Å². The fourth-order valence-corrected chi connectivity index (χ4v) is 4.70. The molecule has 1 saturated heterocycles.